The number of hydrogen-bond acceptors (Lipinski definition) is 3. The first-order chi connectivity index (χ1) is 6.24. The molecule has 4 nitrogen and oxygen atoms in total. The molecule has 0 spiro atoms. The van der Waals surface area contributed by atoms with Gasteiger partial charge in [-0.2, -0.15) is 0 Å². The lowest BCUT2D eigenvalue weighted by molar-refractivity contribution is -0.0942. The Bertz CT molecular complexity index is 328. The van der Waals surface area contributed by atoms with Gasteiger partial charge in [0.05, 0.1) is 6.26 Å². The normalized spacial score (nSPS) is 40.6. The van der Waals surface area contributed by atoms with Gasteiger partial charge < -0.3 is 5.32 Å². The zero-order valence-corrected chi connectivity index (χ0v) is 9.74. The summed E-state index contributed by atoms with van der Waals surface area (Å²) in [6, 6.07) is 0.478. The number of rotatable bonds is 4. The van der Waals surface area contributed by atoms with Crippen LogP contribution in [0.4, 0.5) is 0 Å². The van der Waals surface area contributed by atoms with Crippen LogP contribution in [-0.4, -0.2) is 31.8 Å². The fourth-order valence-electron chi connectivity index (χ4n) is 3.05. The van der Waals surface area contributed by atoms with Crippen LogP contribution in [0.25, 0.3) is 0 Å². The van der Waals surface area contributed by atoms with E-state index < -0.39 is 10.0 Å². The molecule has 0 amide bonds. The molecule has 3 fully saturated rings. The van der Waals surface area contributed by atoms with E-state index in [9.17, 15) is 8.42 Å². The average molecular weight is 218 g/mol. The first kappa shape index (κ1) is 10.4. The molecule has 5 heteroatoms. The second-order valence-electron chi connectivity index (χ2n) is 5.26. The largest absolute Gasteiger partial charge is 0.309 e. The smallest absolute Gasteiger partial charge is 0.209 e. The molecule has 0 aromatic heterocycles. The van der Waals surface area contributed by atoms with E-state index in [1.165, 1.54) is 6.26 Å². The molecule has 0 saturated heterocycles. The number of nitrogens with one attached hydrogen (secondary N) is 2. The minimum absolute atomic E-state index is 0.102. The Kier molecular flexibility index (Phi) is 2.01. The summed E-state index contributed by atoms with van der Waals surface area (Å²) in [5.41, 5.74) is 0.140. The molecule has 14 heavy (non-hydrogen) atoms. The SMILES string of the molecule is CC(C)NC12CC(NS(C)(=O)=O)(C1)C2. The van der Waals surface area contributed by atoms with E-state index in [1.54, 1.807) is 0 Å². The van der Waals surface area contributed by atoms with E-state index in [4.69, 9.17) is 0 Å². The van der Waals surface area contributed by atoms with Crippen molar-refractivity contribution in [3.63, 3.8) is 0 Å². The van der Waals surface area contributed by atoms with Crippen LogP contribution < -0.4 is 10.0 Å². The summed E-state index contributed by atoms with van der Waals surface area (Å²) in [4.78, 5) is 0. The standard InChI is InChI=1S/C9H18N2O2S/c1-7(2)10-8-4-9(5-8,6-8)11-14(3,12)13/h7,10-11H,4-6H2,1-3H3. The molecule has 82 valence electrons. The molecule has 0 atom stereocenters. The molecule has 0 unspecified atom stereocenters. The molecule has 2 bridgehead atoms. The van der Waals surface area contributed by atoms with E-state index in [-0.39, 0.29) is 11.1 Å². The minimum atomic E-state index is -3.04. The van der Waals surface area contributed by atoms with Crippen molar-refractivity contribution in [3.05, 3.63) is 0 Å². The first-order valence-electron chi connectivity index (χ1n) is 5.01. The Hall–Kier alpha value is -0.130. The lowest BCUT2D eigenvalue weighted by Crippen LogP contribution is -2.83. The van der Waals surface area contributed by atoms with Gasteiger partial charge in [0.1, 0.15) is 0 Å². The van der Waals surface area contributed by atoms with Crippen LogP contribution in [0.3, 0.4) is 0 Å². The molecule has 0 aromatic rings. The second-order valence-corrected chi connectivity index (χ2v) is 7.01. The topological polar surface area (TPSA) is 58.2 Å². The van der Waals surface area contributed by atoms with E-state index in [1.807, 2.05) is 0 Å². The summed E-state index contributed by atoms with van der Waals surface area (Å²) < 4.78 is 24.8. The van der Waals surface area contributed by atoms with Gasteiger partial charge in [-0.25, -0.2) is 13.1 Å². The highest BCUT2D eigenvalue weighted by molar-refractivity contribution is 7.88. The van der Waals surface area contributed by atoms with Gasteiger partial charge in [0.25, 0.3) is 0 Å². The molecule has 0 radical (unpaired) electrons. The zero-order chi connectivity index (χ0) is 10.6. The van der Waals surface area contributed by atoms with Gasteiger partial charge in [0.15, 0.2) is 0 Å². The summed E-state index contributed by atoms with van der Waals surface area (Å²) in [5.74, 6) is 0. The molecular formula is C9H18N2O2S. The van der Waals surface area contributed by atoms with Crippen molar-refractivity contribution in [1.29, 1.82) is 0 Å². The van der Waals surface area contributed by atoms with Crippen molar-refractivity contribution in [2.75, 3.05) is 6.26 Å². The molecule has 0 aliphatic heterocycles. The second kappa shape index (κ2) is 2.71. The summed E-state index contributed by atoms with van der Waals surface area (Å²) in [6.07, 6.45) is 4.08. The number of hydrogen-bond donors (Lipinski definition) is 2. The van der Waals surface area contributed by atoms with Crippen LogP contribution in [0.1, 0.15) is 33.1 Å². The maximum Gasteiger partial charge on any atom is 0.209 e. The van der Waals surface area contributed by atoms with E-state index in [0.29, 0.717) is 6.04 Å². The quantitative estimate of drug-likeness (QED) is 0.709. The van der Waals surface area contributed by atoms with Gasteiger partial charge in [0.2, 0.25) is 10.0 Å². The average Bonchev–Trinajstić information content (AvgIpc) is 1.75. The van der Waals surface area contributed by atoms with Gasteiger partial charge in [-0.15, -0.1) is 0 Å². The van der Waals surface area contributed by atoms with Crippen molar-refractivity contribution >= 4 is 10.0 Å². The Balaban J connectivity index is 1.89. The fourth-order valence-corrected chi connectivity index (χ4v) is 4.06. The van der Waals surface area contributed by atoms with Crippen molar-refractivity contribution in [2.24, 2.45) is 0 Å². The van der Waals surface area contributed by atoms with Crippen LogP contribution in [0.15, 0.2) is 0 Å². The molecule has 3 aliphatic carbocycles. The summed E-state index contributed by atoms with van der Waals surface area (Å²) in [7, 11) is -3.04. The highest BCUT2D eigenvalue weighted by Crippen LogP contribution is 2.60. The summed E-state index contributed by atoms with van der Waals surface area (Å²) in [5, 5.41) is 3.50. The first-order valence-corrected chi connectivity index (χ1v) is 6.90. The molecule has 0 aromatic carbocycles. The molecule has 3 saturated carbocycles. The van der Waals surface area contributed by atoms with Gasteiger partial charge in [-0.3, -0.25) is 0 Å². The summed E-state index contributed by atoms with van der Waals surface area (Å²) >= 11 is 0. The molecule has 2 N–H and O–H groups in total. The van der Waals surface area contributed by atoms with Crippen LogP contribution in [0, 0.1) is 0 Å². The van der Waals surface area contributed by atoms with Crippen LogP contribution in [0.2, 0.25) is 0 Å². The van der Waals surface area contributed by atoms with Crippen molar-refractivity contribution in [3.8, 4) is 0 Å². The van der Waals surface area contributed by atoms with Gasteiger partial charge >= 0.3 is 0 Å². The van der Waals surface area contributed by atoms with Crippen LogP contribution in [-0.2, 0) is 10.0 Å². The molecular weight excluding hydrogens is 200 g/mol. The van der Waals surface area contributed by atoms with Gasteiger partial charge in [-0.05, 0) is 19.3 Å². The zero-order valence-electron chi connectivity index (χ0n) is 8.92. The molecule has 3 rings (SSSR count). The lowest BCUT2D eigenvalue weighted by atomic mass is 9.44. The van der Waals surface area contributed by atoms with Crippen LogP contribution in [0.5, 0.6) is 0 Å². The predicted octanol–water partition coefficient (Wildman–Crippen LogP) is 0.209. The molecule has 0 heterocycles. The maximum atomic E-state index is 11.1. The van der Waals surface area contributed by atoms with E-state index >= 15 is 0 Å². The van der Waals surface area contributed by atoms with Crippen molar-refractivity contribution in [2.45, 2.75) is 50.2 Å². The van der Waals surface area contributed by atoms with E-state index in [0.717, 1.165) is 19.3 Å². The summed E-state index contributed by atoms with van der Waals surface area (Å²) in [6.45, 7) is 4.24. The third kappa shape index (κ3) is 1.68. The van der Waals surface area contributed by atoms with Crippen molar-refractivity contribution < 1.29 is 8.42 Å². The Labute approximate surface area is 85.5 Å². The Morgan fingerprint density at radius 2 is 1.64 bits per heavy atom. The maximum absolute atomic E-state index is 11.1. The van der Waals surface area contributed by atoms with Crippen molar-refractivity contribution in [1.82, 2.24) is 10.0 Å². The predicted molar refractivity (Wildman–Crippen MR) is 55.6 cm³/mol. The third-order valence-corrected chi connectivity index (χ3v) is 3.83. The van der Waals surface area contributed by atoms with Gasteiger partial charge in [0, 0.05) is 17.1 Å². The highest BCUT2D eigenvalue weighted by atomic mass is 32.2. The Morgan fingerprint density at radius 1 is 1.14 bits per heavy atom. The monoisotopic (exact) mass is 218 g/mol. The van der Waals surface area contributed by atoms with E-state index in [2.05, 4.69) is 23.9 Å². The Morgan fingerprint density at radius 3 is 2.00 bits per heavy atom. The fraction of sp³-hybridized carbons (Fsp3) is 1.00. The third-order valence-electron chi connectivity index (χ3n) is 3.03. The molecule has 3 aliphatic rings. The lowest BCUT2D eigenvalue weighted by Gasteiger charge is -2.71. The minimum Gasteiger partial charge on any atom is -0.309 e. The van der Waals surface area contributed by atoms with Crippen LogP contribution >= 0.6 is 0 Å². The number of sulfonamides is 1. The highest BCUT2D eigenvalue weighted by Gasteiger charge is 2.68. The van der Waals surface area contributed by atoms with Gasteiger partial charge in [-0.1, -0.05) is 13.8 Å².